The highest BCUT2D eigenvalue weighted by Gasteiger charge is 2.27. The molecule has 2 nitrogen and oxygen atoms in total. The quantitative estimate of drug-likeness (QED) is 0.901. The lowest BCUT2D eigenvalue weighted by atomic mass is 10.0. The molecule has 20 heavy (non-hydrogen) atoms. The van der Waals surface area contributed by atoms with E-state index < -0.39 is 0 Å². The molecule has 0 aromatic heterocycles. The number of halogens is 1. The zero-order valence-corrected chi connectivity index (χ0v) is 12.3. The molecule has 2 unspecified atom stereocenters. The summed E-state index contributed by atoms with van der Waals surface area (Å²) < 4.78 is 0. The Hall–Kier alpha value is -1.51. The summed E-state index contributed by atoms with van der Waals surface area (Å²) in [5.41, 5.74) is 2.53. The number of rotatable bonds is 2. The maximum Gasteiger partial charge on any atom is 0.0667 e. The van der Waals surface area contributed by atoms with Gasteiger partial charge in [-0.3, -0.25) is 0 Å². The van der Waals surface area contributed by atoms with Crippen LogP contribution in [0, 0.1) is 0 Å². The molecule has 0 saturated carbocycles. The number of nitrogens with zero attached hydrogens (tertiary/aromatic N) is 1. The predicted molar refractivity (Wildman–Crippen MR) is 85.4 cm³/mol. The van der Waals surface area contributed by atoms with Gasteiger partial charge in [-0.25, -0.2) is 0 Å². The van der Waals surface area contributed by atoms with E-state index in [9.17, 15) is 0 Å². The van der Waals surface area contributed by atoms with Crippen LogP contribution in [0.5, 0.6) is 0 Å². The molecular formula is C17H19ClN2. The van der Waals surface area contributed by atoms with Crippen molar-refractivity contribution in [3.05, 3.63) is 65.2 Å². The zero-order valence-electron chi connectivity index (χ0n) is 11.6. The lowest BCUT2D eigenvalue weighted by Gasteiger charge is -2.41. The van der Waals surface area contributed by atoms with Crippen molar-refractivity contribution in [3.8, 4) is 0 Å². The van der Waals surface area contributed by atoms with Gasteiger partial charge in [0.2, 0.25) is 0 Å². The van der Waals surface area contributed by atoms with Gasteiger partial charge in [-0.2, -0.15) is 0 Å². The number of hydrogen-bond acceptors (Lipinski definition) is 2. The SMILES string of the molecule is CC1CN(c2cccc(Cl)c2)C(c2ccccc2)CN1. The van der Waals surface area contributed by atoms with Crippen molar-refractivity contribution in [2.24, 2.45) is 0 Å². The third-order valence-corrected chi connectivity index (χ3v) is 4.07. The maximum absolute atomic E-state index is 6.15. The summed E-state index contributed by atoms with van der Waals surface area (Å²) in [6.45, 7) is 4.16. The first-order chi connectivity index (χ1) is 9.74. The molecule has 0 radical (unpaired) electrons. The van der Waals surface area contributed by atoms with Gasteiger partial charge in [0.25, 0.3) is 0 Å². The Morgan fingerprint density at radius 3 is 2.65 bits per heavy atom. The monoisotopic (exact) mass is 286 g/mol. The fourth-order valence-electron chi connectivity index (χ4n) is 2.82. The van der Waals surface area contributed by atoms with E-state index >= 15 is 0 Å². The molecule has 1 saturated heterocycles. The molecule has 1 heterocycles. The Bertz CT molecular complexity index is 570. The van der Waals surface area contributed by atoms with Crippen molar-refractivity contribution >= 4 is 17.3 Å². The summed E-state index contributed by atoms with van der Waals surface area (Å²) in [5.74, 6) is 0. The smallest absolute Gasteiger partial charge is 0.0667 e. The lowest BCUT2D eigenvalue weighted by Crippen LogP contribution is -2.51. The van der Waals surface area contributed by atoms with Crippen LogP contribution in [-0.2, 0) is 0 Å². The summed E-state index contributed by atoms with van der Waals surface area (Å²) in [4.78, 5) is 2.45. The molecular weight excluding hydrogens is 268 g/mol. The number of nitrogens with one attached hydrogen (secondary N) is 1. The summed E-state index contributed by atoms with van der Waals surface area (Å²) >= 11 is 6.15. The fraction of sp³-hybridized carbons (Fsp3) is 0.294. The minimum Gasteiger partial charge on any atom is -0.362 e. The van der Waals surface area contributed by atoms with Crippen molar-refractivity contribution < 1.29 is 0 Å². The third kappa shape index (κ3) is 2.82. The van der Waals surface area contributed by atoms with Crippen LogP contribution < -0.4 is 10.2 Å². The molecule has 0 amide bonds. The third-order valence-electron chi connectivity index (χ3n) is 3.83. The molecule has 1 aliphatic rings. The minimum absolute atomic E-state index is 0.353. The van der Waals surface area contributed by atoms with Crippen LogP contribution in [0.25, 0.3) is 0 Å². The zero-order chi connectivity index (χ0) is 13.9. The summed E-state index contributed by atoms with van der Waals surface area (Å²) in [5, 5.41) is 4.36. The summed E-state index contributed by atoms with van der Waals surface area (Å²) in [6, 6.07) is 19.6. The van der Waals surface area contributed by atoms with E-state index in [1.165, 1.54) is 11.3 Å². The van der Waals surface area contributed by atoms with E-state index in [-0.39, 0.29) is 0 Å². The Kier molecular flexibility index (Phi) is 3.95. The molecule has 0 spiro atoms. The fourth-order valence-corrected chi connectivity index (χ4v) is 3.01. The minimum atomic E-state index is 0.353. The van der Waals surface area contributed by atoms with Gasteiger partial charge in [0.1, 0.15) is 0 Å². The highest BCUT2D eigenvalue weighted by molar-refractivity contribution is 6.30. The van der Waals surface area contributed by atoms with Gasteiger partial charge in [0, 0.05) is 29.8 Å². The van der Waals surface area contributed by atoms with Gasteiger partial charge in [-0.15, -0.1) is 0 Å². The first-order valence-electron chi connectivity index (χ1n) is 7.04. The predicted octanol–water partition coefficient (Wildman–Crippen LogP) is 3.88. The molecule has 1 N–H and O–H groups in total. The maximum atomic E-state index is 6.15. The van der Waals surface area contributed by atoms with E-state index in [0.717, 1.165) is 18.1 Å². The Labute approximate surface area is 125 Å². The van der Waals surface area contributed by atoms with Crippen molar-refractivity contribution in [1.82, 2.24) is 5.32 Å². The van der Waals surface area contributed by atoms with E-state index in [1.54, 1.807) is 0 Å². The van der Waals surface area contributed by atoms with Gasteiger partial charge in [0.05, 0.1) is 6.04 Å². The standard InChI is InChI=1S/C17H19ClN2/c1-13-12-20(16-9-5-8-15(18)10-16)17(11-19-13)14-6-3-2-4-7-14/h2-10,13,17,19H,11-12H2,1H3. The number of benzene rings is 2. The second-order valence-corrected chi connectivity index (χ2v) is 5.80. The van der Waals surface area contributed by atoms with Crippen LogP contribution >= 0.6 is 11.6 Å². The van der Waals surface area contributed by atoms with Crippen molar-refractivity contribution in [1.29, 1.82) is 0 Å². The molecule has 3 heteroatoms. The molecule has 0 bridgehead atoms. The first-order valence-corrected chi connectivity index (χ1v) is 7.42. The summed E-state index contributed by atoms with van der Waals surface area (Å²) in [6.07, 6.45) is 0. The molecule has 1 fully saturated rings. The van der Waals surface area contributed by atoms with E-state index in [1.807, 2.05) is 12.1 Å². The van der Waals surface area contributed by atoms with Gasteiger partial charge >= 0.3 is 0 Å². The van der Waals surface area contributed by atoms with Gasteiger partial charge in [-0.05, 0) is 30.7 Å². The molecule has 3 rings (SSSR count). The Morgan fingerprint density at radius 1 is 1.10 bits per heavy atom. The molecule has 0 aliphatic carbocycles. The largest absolute Gasteiger partial charge is 0.362 e. The average Bonchev–Trinajstić information content (AvgIpc) is 2.48. The lowest BCUT2D eigenvalue weighted by molar-refractivity contribution is 0.416. The molecule has 2 atom stereocenters. The topological polar surface area (TPSA) is 15.3 Å². The second kappa shape index (κ2) is 5.86. The highest BCUT2D eigenvalue weighted by atomic mass is 35.5. The first kappa shape index (κ1) is 13.5. The number of piperazine rings is 1. The van der Waals surface area contributed by atoms with E-state index in [4.69, 9.17) is 11.6 Å². The van der Waals surface area contributed by atoms with Gasteiger partial charge in [-0.1, -0.05) is 48.0 Å². The Balaban J connectivity index is 1.95. The number of hydrogen-bond donors (Lipinski definition) is 1. The molecule has 2 aromatic carbocycles. The normalized spacial score (nSPS) is 22.8. The number of anilines is 1. The van der Waals surface area contributed by atoms with Gasteiger partial charge in [0.15, 0.2) is 0 Å². The van der Waals surface area contributed by atoms with Crippen molar-refractivity contribution in [2.45, 2.75) is 19.0 Å². The van der Waals surface area contributed by atoms with Crippen molar-refractivity contribution in [3.63, 3.8) is 0 Å². The van der Waals surface area contributed by atoms with Crippen LogP contribution in [0.4, 0.5) is 5.69 Å². The van der Waals surface area contributed by atoms with Crippen LogP contribution in [0.15, 0.2) is 54.6 Å². The van der Waals surface area contributed by atoms with Crippen LogP contribution in [0.2, 0.25) is 5.02 Å². The summed E-state index contributed by atoms with van der Waals surface area (Å²) in [7, 11) is 0. The van der Waals surface area contributed by atoms with E-state index in [2.05, 4.69) is 59.6 Å². The van der Waals surface area contributed by atoms with E-state index in [0.29, 0.717) is 12.1 Å². The molecule has 1 aliphatic heterocycles. The molecule has 104 valence electrons. The van der Waals surface area contributed by atoms with Crippen LogP contribution in [-0.4, -0.2) is 19.1 Å². The highest BCUT2D eigenvalue weighted by Crippen LogP contribution is 2.30. The second-order valence-electron chi connectivity index (χ2n) is 5.37. The average molecular weight is 287 g/mol. The van der Waals surface area contributed by atoms with Gasteiger partial charge < -0.3 is 10.2 Å². The van der Waals surface area contributed by atoms with Crippen LogP contribution in [0.3, 0.4) is 0 Å². The van der Waals surface area contributed by atoms with Crippen molar-refractivity contribution in [2.75, 3.05) is 18.0 Å². The Morgan fingerprint density at radius 2 is 1.90 bits per heavy atom. The van der Waals surface area contributed by atoms with Crippen LogP contribution in [0.1, 0.15) is 18.5 Å². The molecule has 2 aromatic rings.